The van der Waals surface area contributed by atoms with E-state index in [0.29, 0.717) is 23.7 Å². The summed E-state index contributed by atoms with van der Waals surface area (Å²) in [5.41, 5.74) is 0. The summed E-state index contributed by atoms with van der Waals surface area (Å²) >= 11 is 0. The highest BCUT2D eigenvalue weighted by atomic mass is 16.4. The summed E-state index contributed by atoms with van der Waals surface area (Å²) in [5.74, 6) is 4.18. The third kappa shape index (κ3) is 3.32. The monoisotopic (exact) mass is 345 g/mol. The summed E-state index contributed by atoms with van der Waals surface area (Å²) in [5, 5.41) is 16.9. The van der Waals surface area contributed by atoms with Gasteiger partial charge in [0, 0.05) is 39.0 Å². The van der Waals surface area contributed by atoms with E-state index in [-0.39, 0.29) is 6.04 Å². The van der Waals surface area contributed by atoms with Crippen LogP contribution in [0.3, 0.4) is 0 Å². The molecule has 2 atom stereocenters. The molecule has 8 heteroatoms. The molecule has 2 fully saturated rings. The van der Waals surface area contributed by atoms with Crippen molar-refractivity contribution < 1.29 is 4.42 Å². The first kappa shape index (κ1) is 16.7. The van der Waals surface area contributed by atoms with Gasteiger partial charge >= 0.3 is 0 Å². The molecule has 0 spiro atoms. The van der Waals surface area contributed by atoms with Crippen molar-refractivity contribution in [1.82, 2.24) is 34.8 Å². The van der Waals surface area contributed by atoms with E-state index < -0.39 is 0 Å². The fourth-order valence-corrected chi connectivity index (χ4v) is 3.68. The molecule has 0 radical (unpaired) electrons. The molecule has 2 aromatic rings. The zero-order valence-electron chi connectivity index (χ0n) is 15.5. The Bertz CT molecular complexity index is 735. The average molecular weight is 345 g/mol. The topological polar surface area (TPSA) is 76.1 Å². The summed E-state index contributed by atoms with van der Waals surface area (Å²) in [6.45, 7) is 6.86. The molecule has 1 saturated heterocycles. The second-order valence-electron chi connectivity index (χ2n) is 7.50. The van der Waals surface area contributed by atoms with Gasteiger partial charge in [-0.15, -0.1) is 20.4 Å². The number of nitrogens with zero attached hydrogens (tertiary/aromatic N) is 7. The minimum Gasteiger partial charge on any atom is -0.424 e. The van der Waals surface area contributed by atoms with Crippen molar-refractivity contribution >= 4 is 0 Å². The molecule has 4 rings (SSSR count). The van der Waals surface area contributed by atoms with Gasteiger partial charge in [-0.3, -0.25) is 9.80 Å². The Morgan fingerprint density at radius 2 is 2.00 bits per heavy atom. The van der Waals surface area contributed by atoms with Crippen LogP contribution < -0.4 is 0 Å². The zero-order chi connectivity index (χ0) is 17.6. The number of aromatic nitrogens is 5. The van der Waals surface area contributed by atoms with E-state index in [9.17, 15) is 0 Å². The number of hydrogen-bond donors (Lipinski definition) is 0. The van der Waals surface area contributed by atoms with Crippen molar-refractivity contribution in [2.75, 3.05) is 20.1 Å². The van der Waals surface area contributed by atoms with Gasteiger partial charge < -0.3 is 8.98 Å². The molecule has 0 N–H and O–H groups in total. The second-order valence-corrected chi connectivity index (χ2v) is 7.50. The van der Waals surface area contributed by atoms with E-state index in [0.717, 1.165) is 37.7 Å². The maximum absolute atomic E-state index is 5.60. The summed E-state index contributed by atoms with van der Waals surface area (Å²) in [6, 6.07) is 0.670. The first-order valence-electron chi connectivity index (χ1n) is 9.15. The lowest BCUT2D eigenvalue weighted by Crippen LogP contribution is -2.35. The zero-order valence-corrected chi connectivity index (χ0v) is 15.5. The van der Waals surface area contributed by atoms with Crippen LogP contribution >= 0.6 is 0 Å². The van der Waals surface area contributed by atoms with Gasteiger partial charge in [0.05, 0.1) is 12.6 Å². The van der Waals surface area contributed by atoms with E-state index >= 15 is 0 Å². The second kappa shape index (κ2) is 6.49. The van der Waals surface area contributed by atoms with Crippen LogP contribution in [0.25, 0.3) is 0 Å². The molecule has 3 heterocycles. The number of likely N-dealkylation sites (N-methyl/N-ethyl adjacent to an activating group) is 1. The maximum atomic E-state index is 5.60. The quantitative estimate of drug-likeness (QED) is 0.788. The SMILES string of the molecule is Cc1nnc(C(C)N2CCC(N(C)Cc3nnc(C4CC4)n3C)C2)o1. The summed E-state index contributed by atoms with van der Waals surface area (Å²) in [7, 11) is 4.28. The Morgan fingerprint density at radius 3 is 2.68 bits per heavy atom. The highest BCUT2D eigenvalue weighted by Gasteiger charge is 2.33. The molecule has 0 bridgehead atoms. The van der Waals surface area contributed by atoms with Gasteiger partial charge in [-0.1, -0.05) is 0 Å². The Hall–Kier alpha value is -1.80. The Morgan fingerprint density at radius 1 is 1.20 bits per heavy atom. The highest BCUT2D eigenvalue weighted by Crippen LogP contribution is 2.38. The van der Waals surface area contributed by atoms with Crippen molar-refractivity contribution in [2.24, 2.45) is 7.05 Å². The predicted molar refractivity (Wildman–Crippen MR) is 91.9 cm³/mol. The van der Waals surface area contributed by atoms with Crippen molar-refractivity contribution in [3.8, 4) is 0 Å². The maximum Gasteiger partial charge on any atom is 0.233 e. The molecule has 136 valence electrons. The lowest BCUT2D eigenvalue weighted by atomic mass is 10.2. The van der Waals surface area contributed by atoms with Crippen molar-refractivity contribution in [3.05, 3.63) is 23.4 Å². The average Bonchev–Trinajstić information content (AvgIpc) is 2.99. The lowest BCUT2D eigenvalue weighted by molar-refractivity contribution is 0.183. The predicted octanol–water partition coefficient (Wildman–Crippen LogP) is 1.65. The summed E-state index contributed by atoms with van der Waals surface area (Å²) in [4.78, 5) is 4.81. The van der Waals surface area contributed by atoms with Crippen molar-refractivity contribution in [2.45, 2.75) is 57.7 Å². The molecule has 1 saturated carbocycles. The lowest BCUT2D eigenvalue weighted by Gasteiger charge is -2.25. The fraction of sp³-hybridized carbons (Fsp3) is 0.765. The van der Waals surface area contributed by atoms with Crippen molar-refractivity contribution in [3.63, 3.8) is 0 Å². The highest BCUT2D eigenvalue weighted by molar-refractivity contribution is 5.08. The van der Waals surface area contributed by atoms with Crippen LogP contribution in [0.1, 0.15) is 61.6 Å². The van der Waals surface area contributed by atoms with E-state index in [4.69, 9.17) is 4.42 Å². The molecule has 0 amide bonds. The van der Waals surface area contributed by atoms with E-state index in [2.05, 4.69) is 55.8 Å². The molecule has 1 aliphatic heterocycles. The van der Waals surface area contributed by atoms with Gasteiger partial charge in [-0.25, -0.2) is 0 Å². The van der Waals surface area contributed by atoms with Crippen LogP contribution in [0.2, 0.25) is 0 Å². The van der Waals surface area contributed by atoms with Gasteiger partial charge in [-0.2, -0.15) is 0 Å². The molecule has 2 unspecified atom stereocenters. The van der Waals surface area contributed by atoms with Gasteiger partial charge in [0.2, 0.25) is 11.8 Å². The minimum atomic E-state index is 0.163. The van der Waals surface area contributed by atoms with Gasteiger partial charge in [0.1, 0.15) is 11.6 Å². The molecule has 8 nitrogen and oxygen atoms in total. The third-order valence-corrected chi connectivity index (χ3v) is 5.60. The Kier molecular flexibility index (Phi) is 4.33. The summed E-state index contributed by atoms with van der Waals surface area (Å²) in [6.07, 6.45) is 3.65. The molecule has 2 aliphatic rings. The first-order chi connectivity index (χ1) is 12.0. The van der Waals surface area contributed by atoms with Gasteiger partial charge in [0.15, 0.2) is 0 Å². The number of rotatable bonds is 6. The van der Waals surface area contributed by atoms with Crippen LogP contribution in [-0.2, 0) is 13.6 Å². The standard InChI is InChI=1S/C17H27N7O/c1-11(17-21-18-12(2)25-17)24-8-7-14(9-24)22(3)10-15-19-20-16(23(15)4)13-5-6-13/h11,13-14H,5-10H2,1-4H3. The molecular weight excluding hydrogens is 318 g/mol. The molecule has 2 aromatic heterocycles. The van der Waals surface area contributed by atoms with Crippen molar-refractivity contribution in [1.29, 1.82) is 0 Å². The molecule has 25 heavy (non-hydrogen) atoms. The third-order valence-electron chi connectivity index (χ3n) is 5.60. The number of aryl methyl sites for hydroxylation is 1. The van der Waals surface area contributed by atoms with Crippen LogP contribution in [0.15, 0.2) is 4.42 Å². The van der Waals surface area contributed by atoms with Gasteiger partial charge in [0.25, 0.3) is 0 Å². The molecule has 0 aromatic carbocycles. The largest absolute Gasteiger partial charge is 0.424 e. The molecular formula is C17H27N7O. The van der Waals surface area contributed by atoms with Gasteiger partial charge in [-0.05, 0) is 33.2 Å². The minimum absolute atomic E-state index is 0.163. The fourth-order valence-electron chi connectivity index (χ4n) is 3.68. The Balaban J connectivity index is 1.36. The summed E-state index contributed by atoms with van der Waals surface area (Å²) < 4.78 is 7.78. The van der Waals surface area contributed by atoms with Crippen LogP contribution in [0.4, 0.5) is 0 Å². The first-order valence-corrected chi connectivity index (χ1v) is 9.15. The van der Waals surface area contributed by atoms with Crippen LogP contribution in [-0.4, -0.2) is 60.9 Å². The van der Waals surface area contributed by atoms with E-state index in [1.165, 1.54) is 12.8 Å². The Labute approximate surface area is 148 Å². The van der Waals surface area contributed by atoms with Crippen LogP contribution in [0.5, 0.6) is 0 Å². The van der Waals surface area contributed by atoms with E-state index in [1.54, 1.807) is 0 Å². The number of likely N-dealkylation sites (tertiary alicyclic amines) is 1. The number of hydrogen-bond acceptors (Lipinski definition) is 7. The molecule has 1 aliphatic carbocycles. The normalized spacial score (nSPS) is 22.8. The van der Waals surface area contributed by atoms with Crippen LogP contribution in [0, 0.1) is 6.92 Å². The van der Waals surface area contributed by atoms with E-state index in [1.807, 2.05) is 6.92 Å². The smallest absolute Gasteiger partial charge is 0.233 e.